The van der Waals surface area contributed by atoms with Gasteiger partial charge >= 0.3 is 0 Å². The van der Waals surface area contributed by atoms with E-state index in [9.17, 15) is 4.79 Å². The molecule has 5 rings (SSSR count). The van der Waals surface area contributed by atoms with Crippen LogP contribution in [0.25, 0.3) is 0 Å². The molecular weight excluding hydrogens is 488 g/mol. The summed E-state index contributed by atoms with van der Waals surface area (Å²) >= 11 is 0. The van der Waals surface area contributed by atoms with E-state index in [1.54, 1.807) is 11.8 Å². The molecule has 0 bridgehead atoms. The lowest BCUT2D eigenvalue weighted by atomic mass is 9.73. The molecule has 1 amide bonds. The fraction of sp³-hybridized carbons (Fsp3) is 0.500. The second-order valence-corrected chi connectivity index (χ2v) is 11.3. The molecular formula is C32H42N4O3. The number of piperidine rings is 1. The minimum atomic E-state index is 0.0572. The molecule has 208 valence electrons. The van der Waals surface area contributed by atoms with Gasteiger partial charge in [0.1, 0.15) is 18.1 Å². The van der Waals surface area contributed by atoms with Gasteiger partial charge < -0.3 is 14.4 Å². The largest absolute Gasteiger partial charge is 0.497 e. The maximum Gasteiger partial charge on any atom is 0.274 e. The van der Waals surface area contributed by atoms with Crippen molar-refractivity contribution in [2.45, 2.75) is 52.0 Å². The van der Waals surface area contributed by atoms with Gasteiger partial charge in [-0.25, -0.2) is 0 Å². The first-order chi connectivity index (χ1) is 18.9. The third-order valence-electron chi connectivity index (χ3n) is 8.61. The van der Waals surface area contributed by atoms with Crippen LogP contribution in [0, 0.1) is 12.3 Å². The molecule has 1 aromatic heterocycles. The van der Waals surface area contributed by atoms with Crippen molar-refractivity contribution in [3.63, 3.8) is 0 Å². The maximum absolute atomic E-state index is 13.2. The fourth-order valence-electron chi connectivity index (χ4n) is 6.13. The van der Waals surface area contributed by atoms with E-state index in [1.165, 1.54) is 24.0 Å². The van der Waals surface area contributed by atoms with Crippen molar-refractivity contribution in [2.24, 2.45) is 12.5 Å². The number of amides is 1. The summed E-state index contributed by atoms with van der Waals surface area (Å²) in [5.74, 6) is 1.96. The topological polar surface area (TPSA) is 59.8 Å². The van der Waals surface area contributed by atoms with Crippen LogP contribution in [0.1, 0.15) is 59.4 Å². The van der Waals surface area contributed by atoms with Crippen molar-refractivity contribution < 1.29 is 14.3 Å². The quantitative estimate of drug-likeness (QED) is 0.460. The first-order valence-electron chi connectivity index (χ1n) is 14.3. The zero-order valence-corrected chi connectivity index (χ0v) is 23.7. The van der Waals surface area contributed by atoms with Crippen LogP contribution in [0.15, 0.2) is 54.6 Å². The Morgan fingerprint density at radius 2 is 1.79 bits per heavy atom. The molecule has 0 aliphatic carbocycles. The summed E-state index contributed by atoms with van der Waals surface area (Å²) < 4.78 is 13.5. The van der Waals surface area contributed by atoms with Gasteiger partial charge in [-0.15, -0.1) is 0 Å². The van der Waals surface area contributed by atoms with E-state index in [4.69, 9.17) is 9.47 Å². The highest BCUT2D eigenvalue weighted by molar-refractivity contribution is 5.92. The van der Waals surface area contributed by atoms with Crippen LogP contribution < -0.4 is 9.47 Å². The Balaban J connectivity index is 1.33. The van der Waals surface area contributed by atoms with Crippen molar-refractivity contribution in [3.05, 3.63) is 77.1 Å². The average molecular weight is 531 g/mol. The average Bonchev–Trinajstić information content (AvgIpc) is 3.29. The molecule has 39 heavy (non-hydrogen) atoms. The number of benzene rings is 2. The predicted molar refractivity (Wildman–Crippen MR) is 153 cm³/mol. The number of aromatic nitrogens is 2. The minimum Gasteiger partial charge on any atom is -0.497 e. The van der Waals surface area contributed by atoms with Gasteiger partial charge in [-0.05, 0) is 79.8 Å². The summed E-state index contributed by atoms with van der Waals surface area (Å²) in [5, 5.41) is 4.44. The number of methoxy groups -OCH3 is 1. The lowest BCUT2D eigenvalue weighted by molar-refractivity contribution is 0.0357. The van der Waals surface area contributed by atoms with E-state index in [-0.39, 0.29) is 11.3 Å². The highest BCUT2D eigenvalue weighted by atomic mass is 16.5. The highest BCUT2D eigenvalue weighted by Crippen LogP contribution is 2.39. The summed E-state index contributed by atoms with van der Waals surface area (Å²) in [6.07, 6.45) is 6.59. The van der Waals surface area contributed by atoms with Crippen LogP contribution in [-0.4, -0.2) is 65.4 Å². The number of para-hydroxylation sites is 1. The van der Waals surface area contributed by atoms with Crippen LogP contribution >= 0.6 is 0 Å². The SMILES string of the molecule is COc1ccc(CN2CCOc3ccccc3CCCCC3(CCN(C(=O)c4cc(C)n(C)n4)CC3)C2)cc1. The van der Waals surface area contributed by atoms with Gasteiger partial charge in [0.05, 0.1) is 7.11 Å². The number of ether oxygens (including phenoxy) is 2. The molecule has 2 aromatic carbocycles. The van der Waals surface area contributed by atoms with Crippen LogP contribution in [0.2, 0.25) is 0 Å². The summed E-state index contributed by atoms with van der Waals surface area (Å²) in [4.78, 5) is 17.8. The van der Waals surface area contributed by atoms with Gasteiger partial charge in [0.25, 0.3) is 5.91 Å². The number of carbonyl (C=O) groups excluding carboxylic acids is 1. The monoisotopic (exact) mass is 530 g/mol. The van der Waals surface area contributed by atoms with Gasteiger partial charge in [0, 0.05) is 45.5 Å². The van der Waals surface area contributed by atoms with Crippen molar-refractivity contribution >= 4 is 5.91 Å². The number of fused-ring (bicyclic) bond motifs is 1. The third kappa shape index (κ3) is 6.64. The summed E-state index contributed by atoms with van der Waals surface area (Å²) in [7, 11) is 3.60. The number of hydrogen-bond acceptors (Lipinski definition) is 5. The first kappa shape index (κ1) is 27.3. The molecule has 3 aromatic rings. The molecule has 7 heteroatoms. The second-order valence-electron chi connectivity index (χ2n) is 11.3. The molecule has 7 nitrogen and oxygen atoms in total. The molecule has 0 atom stereocenters. The highest BCUT2D eigenvalue weighted by Gasteiger charge is 2.37. The van der Waals surface area contributed by atoms with Gasteiger partial charge in [0.2, 0.25) is 0 Å². The standard InChI is InChI=1S/C32H42N4O3/c1-25-22-29(33-34(25)2)31(37)36-18-16-32(17-19-36)15-7-6-9-27-8-4-5-10-30(27)39-21-20-35(24-32)23-26-11-13-28(38-3)14-12-26/h4-5,8,10-14,22H,6-7,9,15-21,23-24H2,1-3H3. The molecule has 2 aliphatic rings. The Morgan fingerprint density at radius 1 is 1.03 bits per heavy atom. The molecule has 1 spiro atoms. The van der Waals surface area contributed by atoms with Crippen molar-refractivity contribution in [1.82, 2.24) is 19.6 Å². The first-order valence-corrected chi connectivity index (χ1v) is 14.3. The van der Waals surface area contributed by atoms with E-state index < -0.39 is 0 Å². The summed E-state index contributed by atoms with van der Waals surface area (Å²) in [6.45, 7) is 6.94. The van der Waals surface area contributed by atoms with Crippen LogP contribution in [0.3, 0.4) is 0 Å². The Morgan fingerprint density at radius 3 is 2.51 bits per heavy atom. The van der Waals surface area contributed by atoms with Gasteiger partial charge in [-0.3, -0.25) is 14.4 Å². The second kappa shape index (κ2) is 12.2. The van der Waals surface area contributed by atoms with Crippen molar-refractivity contribution in [3.8, 4) is 11.5 Å². The Kier molecular flexibility index (Phi) is 8.56. The Labute approximate surface area is 232 Å². The molecule has 2 aliphatic heterocycles. The number of hydrogen-bond donors (Lipinski definition) is 0. The Hall–Kier alpha value is -3.32. The van der Waals surface area contributed by atoms with E-state index in [2.05, 4.69) is 46.4 Å². The van der Waals surface area contributed by atoms with Gasteiger partial charge in [-0.2, -0.15) is 5.10 Å². The number of carbonyl (C=O) groups is 1. The molecule has 1 saturated heterocycles. The van der Waals surface area contributed by atoms with E-state index >= 15 is 0 Å². The van der Waals surface area contributed by atoms with Gasteiger partial charge in [-0.1, -0.05) is 36.8 Å². The smallest absolute Gasteiger partial charge is 0.274 e. The third-order valence-corrected chi connectivity index (χ3v) is 8.61. The van der Waals surface area contributed by atoms with E-state index in [0.717, 1.165) is 75.6 Å². The zero-order chi connectivity index (χ0) is 27.2. The molecule has 1 fully saturated rings. The summed E-state index contributed by atoms with van der Waals surface area (Å²) in [6, 6.07) is 18.8. The maximum atomic E-state index is 13.2. The number of rotatable bonds is 4. The lowest BCUT2D eigenvalue weighted by Gasteiger charge is -2.45. The number of aryl methyl sites for hydroxylation is 3. The predicted octanol–water partition coefficient (Wildman–Crippen LogP) is 5.27. The van der Waals surface area contributed by atoms with E-state index in [1.807, 2.05) is 37.1 Å². The van der Waals surface area contributed by atoms with E-state index in [0.29, 0.717) is 12.3 Å². The molecule has 3 heterocycles. The molecule has 0 unspecified atom stereocenters. The molecule has 0 radical (unpaired) electrons. The Bertz CT molecular complexity index is 1230. The summed E-state index contributed by atoms with van der Waals surface area (Å²) in [5.41, 5.74) is 4.32. The van der Waals surface area contributed by atoms with Crippen molar-refractivity contribution in [2.75, 3.05) is 39.9 Å². The van der Waals surface area contributed by atoms with Crippen LogP contribution in [-0.2, 0) is 20.0 Å². The van der Waals surface area contributed by atoms with Crippen molar-refractivity contribution in [1.29, 1.82) is 0 Å². The van der Waals surface area contributed by atoms with Crippen LogP contribution in [0.5, 0.6) is 11.5 Å². The number of likely N-dealkylation sites (tertiary alicyclic amines) is 1. The zero-order valence-electron chi connectivity index (χ0n) is 23.7. The molecule has 0 N–H and O–H groups in total. The number of nitrogens with zero attached hydrogens (tertiary/aromatic N) is 4. The lowest BCUT2D eigenvalue weighted by Crippen LogP contribution is -2.48. The van der Waals surface area contributed by atoms with Crippen LogP contribution in [0.4, 0.5) is 0 Å². The normalized spacial score (nSPS) is 18.5. The van der Waals surface area contributed by atoms with Gasteiger partial charge in [0.15, 0.2) is 5.69 Å². The molecule has 0 saturated carbocycles. The fourth-order valence-corrected chi connectivity index (χ4v) is 6.13. The minimum absolute atomic E-state index is 0.0572.